The van der Waals surface area contributed by atoms with Crippen LogP contribution in [0.15, 0.2) is 18.5 Å². The third kappa shape index (κ3) is 3.60. The summed E-state index contributed by atoms with van der Waals surface area (Å²) in [4.78, 5) is 12.9. The minimum absolute atomic E-state index is 0.145. The molecule has 2 unspecified atom stereocenters. The van der Waals surface area contributed by atoms with Crippen molar-refractivity contribution in [1.82, 2.24) is 20.4 Å². The van der Waals surface area contributed by atoms with Gasteiger partial charge in [-0.25, -0.2) is 0 Å². The first-order valence-corrected chi connectivity index (χ1v) is 9.21. The zero-order valence-corrected chi connectivity index (χ0v) is 14.3. The van der Waals surface area contributed by atoms with Gasteiger partial charge >= 0.3 is 0 Å². The maximum Gasteiger partial charge on any atom is 0.248 e. The fourth-order valence-electron chi connectivity index (χ4n) is 4.28. The van der Waals surface area contributed by atoms with Gasteiger partial charge in [0.1, 0.15) is 5.54 Å². The highest BCUT2D eigenvalue weighted by Crippen LogP contribution is 2.32. The number of hydrogen-bond donors (Lipinski definition) is 2. The minimum atomic E-state index is -0.507. The highest BCUT2D eigenvalue weighted by molar-refractivity contribution is 5.84. The fraction of sp³-hybridized carbons (Fsp3) is 0.778. The average Bonchev–Trinajstić information content (AvgIpc) is 3.12. The number of piperidine rings is 1. The van der Waals surface area contributed by atoms with E-state index in [0.29, 0.717) is 0 Å². The molecule has 0 aromatic carbocycles. The zero-order valence-electron chi connectivity index (χ0n) is 14.3. The van der Waals surface area contributed by atoms with E-state index in [1.807, 2.05) is 16.9 Å². The average molecular weight is 318 g/mol. The first-order valence-electron chi connectivity index (χ1n) is 9.21. The summed E-state index contributed by atoms with van der Waals surface area (Å²) in [7, 11) is 0. The SMILES string of the molecule is CC1CCCCC1CCNC(=O)C1(n2cccn2)CCNCC1. The molecule has 1 aromatic heterocycles. The van der Waals surface area contributed by atoms with Crippen LogP contribution >= 0.6 is 0 Å². The zero-order chi connectivity index (χ0) is 16.1. The lowest BCUT2D eigenvalue weighted by atomic mass is 9.78. The van der Waals surface area contributed by atoms with Crippen LogP contribution in [0.25, 0.3) is 0 Å². The van der Waals surface area contributed by atoms with Crippen molar-refractivity contribution in [1.29, 1.82) is 0 Å². The molecule has 1 saturated carbocycles. The molecule has 2 fully saturated rings. The number of carbonyl (C=O) groups excluding carboxylic acids is 1. The van der Waals surface area contributed by atoms with Gasteiger partial charge in [0, 0.05) is 18.9 Å². The molecule has 0 bridgehead atoms. The Morgan fingerprint density at radius 3 is 2.83 bits per heavy atom. The van der Waals surface area contributed by atoms with E-state index in [2.05, 4.69) is 22.7 Å². The number of rotatable bonds is 5. The van der Waals surface area contributed by atoms with Crippen molar-refractivity contribution < 1.29 is 4.79 Å². The first-order chi connectivity index (χ1) is 11.2. The Balaban J connectivity index is 1.58. The lowest BCUT2D eigenvalue weighted by Gasteiger charge is -2.36. The third-order valence-corrected chi connectivity index (χ3v) is 5.89. The van der Waals surface area contributed by atoms with Crippen LogP contribution in [0.4, 0.5) is 0 Å². The molecule has 2 aliphatic rings. The number of nitrogens with one attached hydrogen (secondary N) is 2. The van der Waals surface area contributed by atoms with Gasteiger partial charge in [0.15, 0.2) is 0 Å². The maximum absolute atomic E-state index is 12.9. The molecule has 1 aliphatic heterocycles. The molecule has 0 spiro atoms. The summed E-state index contributed by atoms with van der Waals surface area (Å²) in [6.45, 7) is 4.90. The van der Waals surface area contributed by atoms with Crippen LogP contribution in [0.3, 0.4) is 0 Å². The van der Waals surface area contributed by atoms with Crippen molar-refractivity contribution in [2.75, 3.05) is 19.6 Å². The van der Waals surface area contributed by atoms with E-state index in [-0.39, 0.29) is 5.91 Å². The van der Waals surface area contributed by atoms with Crippen molar-refractivity contribution in [2.24, 2.45) is 11.8 Å². The van der Waals surface area contributed by atoms with Crippen molar-refractivity contribution in [3.05, 3.63) is 18.5 Å². The van der Waals surface area contributed by atoms with Gasteiger partial charge in [-0.1, -0.05) is 32.6 Å². The van der Waals surface area contributed by atoms with E-state index in [1.54, 1.807) is 6.20 Å². The quantitative estimate of drug-likeness (QED) is 0.876. The predicted octanol–water partition coefficient (Wildman–Crippen LogP) is 2.29. The van der Waals surface area contributed by atoms with Gasteiger partial charge < -0.3 is 10.6 Å². The second-order valence-electron chi connectivity index (χ2n) is 7.30. The van der Waals surface area contributed by atoms with Crippen LogP contribution < -0.4 is 10.6 Å². The molecule has 1 aromatic rings. The molecule has 2 atom stereocenters. The van der Waals surface area contributed by atoms with E-state index >= 15 is 0 Å². The molecule has 128 valence electrons. The highest BCUT2D eigenvalue weighted by Gasteiger charge is 2.41. The van der Waals surface area contributed by atoms with E-state index in [0.717, 1.165) is 50.7 Å². The number of nitrogens with zero attached hydrogens (tertiary/aromatic N) is 2. The largest absolute Gasteiger partial charge is 0.354 e. The Hall–Kier alpha value is -1.36. The second kappa shape index (κ2) is 7.47. The molecule has 2 heterocycles. The summed E-state index contributed by atoms with van der Waals surface area (Å²) >= 11 is 0. The summed E-state index contributed by atoms with van der Waals surface area (Å²) in [6, 6.07) is 1.90. The van der Waals surface area contributed by atoms with Crippen molar-refractivity contribution in [2.45, 2.75) is 57.4 Å². The maximum atomic E-state index is 12.9. The Labute approximate surface area is 139 Å². The van der Waals surface area contributed by atoms with Crippen LogP contribution in [0.1, 0.15) is 51.9 Å². The Morgan fingerprint density at radius 2 is 2.13 bits per heavy atom. The summed E-state index contributed by atoms with van der Waals surface area (Å²) in [5.41, 5.74) is -0.507. The Kier molecular flexibility index (Phi) is 5.36. The summed E-state index contributed by atoms with van der Waals surface area (Å²) in [5.74, 6) is 1.73. The Morgan fingerprint density at radius 1 is 1.35 bits per heavy atom. The van der Waals surface area contributed by atoms with Gasteiger partial charge in [0.05, 0.1) is 0 Å². The molecule has 5 nitrogen and oxygen atoms in total. The smallest absolute Gasteiger partial charge is 0.248 e. The first kappa shape index (κ1) is 16.5. The lowest BCUT2D eigenvalue weighted by Crippen LogP contribution is -2.54. The van der Waals surface area contributed by atoms with Crippen LogP contribution in [0.2, 0.25) is 0 Å². The monoisotopic (exact) mass is 318 g/mol. The molecule has 5 heteroatoms. The number of aromatic nitrogens is 2. The molecule has 1 aliphatic carbocycles. The highest BCUT2D eigenvalue weighted by atomic mass is 16.2. The van der Waals surface area contributed by atoms with Gasteiger partial charge in [-0.15, -0.1) is 0 Å². The van der Waals surface area contributed by atoms with Crippen LogP contribution in [0, 0.1) is 11.8 Å². The van der Waals surface area contributed by atoms with Gasteiger partial charge in [-0.05, 0) is 50.3 Å². The lowest BCUT2D eigenvalue weighted by molar-refractivity contribution is -0.132. The van der Waals surface area contributed by atoms with Gasteiger partial charge in [0.2, 0.25) is 5.91 Å². The fourth-order valence-corrected chi connectivity index (χ4v) is 4.28. The number of hydrogen-bond acceptors (Lipinski definition) is 3. The summed E-state index contributed by atoms with van der Waals surface area (Å²) in [6.07, 6.45) is 11.8. The third-order valence-electron chi connectivity index (χ3n) is 5.89. The van der Waals surface area contributed by atoms with E-state index in [1.165, 1.54) is 25.7 Å². The van der Waals surface area contributed by atoms with Crippen LogP contribution in [-0.2, 0) is 10.3 Å². The van der Waals surface area contributed by atoms with Crippen molar-refractivity contribution in [3.8, 4) is 0 Å². The number of carbonyl (C=O) groups is 1. The normalized spacial score (nSPS) is 27.5. The number of amides is 1. The summed E-state index contributed by atoms with van der Waals surface area (Å²) < 4.78 is 1.87. The van der Waals surface area contributed by atoms with E-state index in [4.69, 9.17) is 0 Å². The van der Waals surface area contributed by atoms with Crippen molar-refractivity contribution in [3.63, 3.8) is 0 Å². The molecule has 1 saturated heterocycles. The molecular formula is C18H30N4O. The van der Waals surface area contributed by atoms with Gasteiger partial charge in [0.25, 0.3) is 0 Å². The van der Waals surface area contributed by atoms with E-state index in [9.17, 15) is 4.79 Å². The molecular weight excluding hydrogens is 288 g/mol. The molecule has 23 heavy (non-hydrogen) atoms. The van der Waals surface area contributed by atoms with Crippen LogP contribution in [0.5, 0.6) is 0 Å². The summed E-state index contributed by atoms with van der Waals surface area (Å²) in [5, 5.41) is 10.9. The molecule has 3 rings (SSSR count). The van der Waals surface area contributed by atoms with Crippen LogP contribution in [-0.4, -0.2) is 35.3 Å². The molecule has 1 amide bonds. The second-order valence-corrected chi connectivity index (χ2v) is 7.30. The standard InChI is InChI=1S/C18H30N4O/c1-15-5-2-3-6-16(15)7-11-20-17(23)18(8-12-19-13-9-18)22-14-4-10-21-22/h4,10,14-16,19H,2-3,5-9,11-13H2,1H3,(H,20,23). The predicted molar refractivity (Wildman–Crippen MR) is 91.1 cm³/mol. The van der Waals surface area contributed by atoms with Gasteiger partial charge in [-0.2, -0.15) is 5.10 Å². The topological polar surface area (TPSA) is 59.0 Å². The van der Waals surface area contributed by atoms with E-state index < -0.39 is 5.54 Å². The molecule has 2 N–H and O–H groups in total. The Bertz CT molecular complexity index is 493. The minimum Gasteiger partial charge on any atom is -0.354 e. The van der Waals surface area contributed by atoms with Gasteiger partial charge in [-0.3, -0.25) is 9.48 Å². The van der Waals surface area contributed by atoms with Crippen molar-refractivity contribution >= 4 is 5.91 Å². The molecule has 0 radical (unpaired) electrons.